The maximum Gasteiger partial charge on any atom is 0.0958 e. The molecule has 0 unspecified atom stereocenters. The number of nitrogens with two attached hydrogens (primary N) is 1. The first-order valence-electron chi connectivity index (χ1n) is 4.62. The first kappa shape index (κ1) is 9.68. The van der Waals surface area contributed by atoms with Crippen molar-refractivity contribution < 1.29 is 0 Å². The first-order chi connectivity index (χ1) is 6.81. The highest BCUT2D eigenvalue weighted by molar-refractivity contribution is 9.10. The number of aryl methyl sites for hydroxylation is 1. The zero-order chi connectivity index (χ0) is 9.97. The number of aromatic nitrogens is 2. The lowest BCUT2D eigenvalue weighted by molar-refractivity contribution is 0.666. The van der Waals surface area contributed by atoms with E-state index in [0.717, 1.165) is 28.5 Å². The van der Waals surface area contributed by atoms with Gasteiger partial charge in [0.25, 0.3) is 0 Å². The number of benzene rings is 1. The van der Waals surface area contributed by atoms with Crippen LogP contribution < -0.4 is 5.73 Å². The van der Waals surface area contributed by atoms with Crippen LogP contribution in [-0.2, 0) is 6.54 Å². The lowest BCUT2D eigenvalue weighted by Crippen LogP contribution is -2.04. The zero-order valence-electron chi connectivity index (χ0n) is 7.78. The minimum atomic E-state index is 0.716. The van der Waals surface area contributed by atoms with Crippen molar-refractivity contribution in [2.24, 2.45) is 5.73 Å². The van der Waals surface area contributed by atoms with Gasteiger partial charge in [0.1, 0.15) is 0 Å². The minimum absolute atomic E-state index is 0.716. The number of imidazole rings is 1. The largest absolute Gasteiger partial charge is 0.331 e. The van der Waals surface area contributed by atoms with Crippen LogP contribution in [0.5, 0.6) is 0 Å². The molecule has 0 saturated heterocycles. The van der Waals surface area contributed by atoms with Gasteiger partial charge in [0, 0.05) is 11.0 Å². The predicted molar refractivity (Wildman–Crippen MR) is 61.1 cm³/mol. The van der Waals surface area contributed by atoms with Gasteiger partial charge in [-0.2, -0.15) is 0 Å². The number of hydrogen-bond donors (Lipinski definition) is 1. The summed E-state index contributed by atoms with van der Waals surface area (Å²) in [6.07, 6.45) is 2.85. The van der Waals surface area contributed by atoms with Crippen molar-refractivity contribution >= 4 is 27.0 Å². The molecular formula is C10H12BrN3. The lowest BCUT2D eigenvalue weighted by Gasteiger charge is -2.02. The molecule has 1 heterocycles. The van der Waals surface area contributed by atoms with Gasteiger partial charge in [-0.3, -0.25) is 0 Å². The Morgan fingerprint density at radius 1 is 1.43 bits per heavy atom. The minimum Gasteiger partial charge on any atom is -0.331 e. The molecule has 0 bridgehead atoms. The van der Waals surface area contributed by atoms with E-state index in [1.54, 1.807) is 0 Å². The van der Waals surface area contributed by atoms with Gasteiger partial charge in [0.2, 0.25) is 0 Å². The third kappa shape index (κ3) is 1.81. The van der Waals surface area contributed by atoms with Crippen molar-refractivity contribution in [3.63, 3.8) is 0 Å². The molecule has 4 heteroatoms. The molecule has 1 aromatic carbocycles. The number of nitrogens with zero attached hydrogens (tertiary/aromatic N) is 2. The highest BCUT2D eigenvalue weighted by Crippen LogP contribution is 2.18. The molecule has 74 valence electrons. The van der Waals surface area contributed by atoms with Crippen LogP contribution in [0.2, 0.25) is 0 Å². The van der Waals surface area contributed by atoms with Gasteiger partial charge in [-0.1, -0.05) is 15.9 Å². The molecule has 2 aromatic rings. The summed E-state index contributed by atoms with van der Waals surface area (Å²) in [5, 5.41) is 0. The molecule has 0 amide bonds. The predicted octanol–water partition coefficient (Wildman–Crippen LogP) is 2.15. The maximum absolute atomic E-state index is 5.48. The summed E-state index contributed by atoms with van der Waals surface area (Å²) in [6.45, 7) is 1.65. The number of halogens is 1. The van der Waals surface area contributed by atoms with Crippen LogP contribution in [0.25, 0.3) is 11.0 Å². The third-order valence-corrected chi connectivity index (χ3v) is 2.68. The normalized spacial score (nSPS) is 11.0. The fourth-order valence-electron chi connectivity index (χ4n) is 1.47. The fraction of sp³-hybridized carbons (Fsp3) is 0.300. The monoisotopic (exact) mass is 253 g/mol. The Bertz CT molecular complexity index is 436. The Morgan fingerprint density at radius 2 is 2.29 bits per heavy atom. The highest BCUT2D eigenvalue weighted by Gasteiger charge is 2.01. The number of hydrogen-bond acceptors (Lipinski definition) is 2. The van der Waals surface area contributed by atoms with Crippen LogP contribution in [-0.4, -0.2) is 16.1 Å². The second-order valence-electron chi connectivity index (χ2n) is 3.21. The summed E-state index contributed by atoms with van der Waals surface area (Å²) in [6, 6.07) is 6.10. The molecule has 2 rings (SSSR count). The number of fused-ring (bicyclic) bond motifs is 1. The topological polar surface area (TPSA) is 43.8 Å². The molecule has 0 aliphatic heterocycles. The van der Waals surface area contributed by atoms with Crippen molar-refractivity contribution in [1.82, 2.24) is 9.55 Å². The van der Waals surface area contributed by atoms with Crippen LogP contribution in [0, 0.1) is 0 Å². The summed E-state index contributed by atoms with van der Waals surface area (Å²) < 4.78 is 3.21. The number of rotatable bonds is 3. The summed E-state index contributed by atoms with van der Waals surface area (Å²) in [4.78, 5) is 4.31. The SMILES string of the molecule is NCCCn1cnc2ccc(Br)cc21. The quantitative estimate of drug-likeness (QED) is 0.911. The van der Waals surface area contributed by atoms with Crippen molar-refractivity contribution in [3.8, 4) is 0 Å². The molecule has 0 saturated carbocycles. The van der Waals surface area contributed by atoms with E-state index in [1.165, 1.54) is 0 Å². The van der Waals surface area contributed by atoms with Gasteiger partial charge in [0.05, 0.1) is 17.4 Å². The Labute approximate surface area is 91.1 Å². The summed E-state index contributed by atoms with van der Waals surface area (Å²) >= 11 is 3.45. The van der Waals surface area contributed by atoms with E-state index in [4.69, 9.17) is 5.73 Å². The molecule has 0 radical (unpaired) electrons. The van der Waals surface area contributed by atoms with Crippen molar-refractivity contribution in [2.45, 2.75) is 13.0 Å². The molecule has 14 heavy (non-hydrogen) atoms. The average molecular weight is 254 g/mol. The summed E-state index contributed by atoms with van der Waals surface area (Å²) in [5.74, 6) is 0. The standard InChI is InChI=1S/C10H12BrN3/c11-8-2-3-9-10(6-8)14(7-13-9)5-1-4-12/h2-3,6-7H,1,4-5,12H2. The van der Waals surface area contributed by atoms with E-state index < -0.39 is 0 Å². The van der Waals surface area contributed by atoms with Crippen LogP contribution in [0.15, 0.2) is 29.0 Å². The van der Waals surface area contributed by atoms with E-state index in [0.29, 0.717) is 6.54 Å². The van der Waals surface area contributed by atoms with Gasteiger partial charge in [0.15, 0.2) is 0 Å². The fourth-order valence-corrected chi connectivity index (χ4v) is 1.82. The molecule has 0 fully saturated rings. The van der Waals surface area contributed by atoms with Gasteiger partial charge in [-0.15, -0.1) is 0 Å². The van der Waals surface area contributed by atoms with Gasteiger partial charge in [-0.05, 0) is 31.2 Å². The van der Waals surface area contributed by atoms with E-state index >= 15 is 0 Å². The molecule has 2 N–H and O–H groups in total. The summed E-state index contributed by atoms with van der Waals surface area (Å²) in [5.41, 5.74) is 7.67. The van der Waals surface area contributed by atoms with Crippen molar-refractivity contribution in [1.29, 1.82) is 0 Å². The molecule has 0 spiro atoms. The molecule has 0 aliphatic rings. The highest BCUT2D eigenvalue weighted by atomic mass is 79.9. The van der Waals surface area contributed by atoms with Crippen LogP contribution in [0.1, 0.15) is 6.42 Å². The average Bonchev–Trinajstić information content (AvgIpc) is 2.57. The van der Waals surface area contributed by atoms with Crippen molar-refractivity contribution in [2.75, 3.05) is 6.54 Å². The van der Waals surface area contributed by atoms with Crippen LogP contribution >= 0.6 is 15.9 Å². The maximum atomic E-state index is 5.48. The van der Waals surface area contributed by atoms with Gasteiger partial charge < -0.3 is 10.3 Å². The van der Waals surface area contributed by atoms with Gasteiger partial charge >= 0.3 is 0 Å². The Kier molecular flexibility index (Phi) is 2.84. The molecule has 0 atom stereocenters. The van der Waals surface area contributed by atoms with E-state index in [1.807, 2.05) is 18.5 Å². The third-order valence-electron chi connectivity index (χ3n) is 2.19. The molecule has 1 aromatic heterocycles. The Morgan fingerprint density at radius 3 is 3.07 bits per heavy atom. The van der Waals surface area contributed by atoms with Gasteiger partial charge in [-0.25, -0.2) is 4.98 Å². The molecule has 0 aliphatic carbocycles. The van der Waals surface area contributed by atoms with E-state index in [9.17, 15) is 0 Å². The van der Waals surface area contributed by atoms with Crippen LogP contribution in [0.3, 0.4) is 0 Å². The Hall–Kier alpha value is -0.870. The molecular weight excluding hydrogens is 242 g/mol. The van der Waals surface area contributed by atoms with E-state index in [2.05, 4.69) is 31.5 Å². The summed E-state index contributed by atoms with van der Waals surface area (Å²) in [7, 11) is 0. The first-order valence-corrected chi connectivity index (χ1v) is 5.41. The second kappa shape index (κ2) is 4.11. The Balaban J connectivity index is 2.40. The van der Waals surface area contributed by atoms with Crippen LogP contribution in [0.4, 0.5) is 0 Å². The second-order valence-corrected chi connectivity index (χ2v) is 4.13. The van der Waals surface area contributed by atoms with E-state index in [-0.39, 0.29) is 0 Å². The smallest absolute Gasteiger partial charge is 0.0958 e. The lowest BCUT2D eigenvalue weighted by atomic mass is 10.3. The molecule has 3 nitrogen and oxygen atoms in total. The zero-order valence-corrected chi connectivity index (χ0v) is 9.37. The van der Waals surface area contributed by atoms with Crippen molar-refractivity contribution in [3.05, 3.63) is 29.0 Å².